The van der Waals surface area contributed by atoms with Crippen molar-refractivity contribution in [3.05, 3.63) is 0 Å². The Kier molecular flexibility index (Phi) is 1.40. The van der Waals surface area contributed by atoms with E-state index in [0.717, 1.165) is 24.8 Å². The summed E-state index contributed by atoms with van der Waals surface area (Å²) in [4.78, 5) is 4.44. The van der Waals surface area contributed by atoms with E-state index in [1.54, 1.807) is 0 Å². The fraction of sp³-hybridized carbons (Fsp3) is 0.875. The summed E-state index contributed by atoms with van der Waals surface area (Å²) in [5.74, 6) is 1.92. The normalized spacial score (nSPS) is 36.3. The lowest BCUT2D eigenvalue weighted by molar-refractivity contribution is 0.309. The van der Waals surface area contributed by atoms with E-state index >= 15 is 0 Å². The molecule has 1 aliphatic carbocycles. The summed E-state index contributed by atoms with van der Waals surface area (Å²) >= 11 is 0. The zero-order chi connectivity index (χ0) is 6.97. The molecule has 0 amide bonds. The van der Waals surface area contributed by atoms with Crippen molar-refractivity contribution in [1.82, 2.24) is 0 Å². The molecule has 1 saturated carbocycles. The molecule has 0 aromatic heterocycles. The summed E-state index contributed by atoms with van der Waals surface area (Å²) < 4.78 is 5.33. The van der Waals surface area contributed by atoms with Crippen molar-refractivity contribution in [3.63, 3.8) is 0 Å². The van der Waals surface area contributed by atoms with Gasteiger partial charge in [0.05, 0.1) is 12.6 Å². The van der Waals surface area contributed by atoms with Crippen LogP contribution in [0, 0.1) is 5.92 Å². The number of hydrogen-bond donors (Lipinski definition) is 0. The molecule has 0 saturated heterocycles. The number of ether oxygens (including phenoxy) is 1. The quantitative estimate of drug-likeness (QED) is 0.540. The van der Waals surface area contributed by atoms with E-state index in [1.165, 1.54) is 12.8 Å². The van der Waals surface area contributed by atoms with E-state index in [4.69, 9.17) is 4.74 Å². The molecular weight excluding hydrogens is 126 g/mol. The molecule has 0 aromatic rings. The van der Waals surface area contributed by atoms with Crippen LogP contribution in [0.1, 0.15) is 26.2 Å². The lowest BCUT2D eigenvalue weighted by Gasteiger charge is -2.10. The summed E-state index contributed by atoms with van der Waals surface area (Å²) in [6.45, 7) is 2.79. The Bertz CT molecular complexity index is 165. The van der Waals surface area contributed by atoms with Crippen molar-refractivity contribution in [1.29, 1.82) is 0 Å². The van der Waals surface area contributed by atoms with Gasteiger partial charge in [-0.1, -0.05) is 0 Å². The number of fused-ring (bicyclic) bond motifs is 1. The zero-order valence-corrected chi connectivity index (χ0v) is 6.34. The van der Waals surface area contributed by atoms with Gasteiger partial charge >= 0.3 is 0 Å². The van der Waals surface area contributed by atoms with Crippen LogP contribution in [0.15, 0.2) is 4.99 Å². The minimum absolute atomic E-state index is 0.648. The third kappa shape index (κ3) is 1.02. The summed E-state index contributed by atoms with van der Waals surface area (Å²) in [5, 5.41) is 0. The van der Waals surface area contributed by atoms with Crippen molar-refractivity contribution in [2.24, 2.45) is 10.9 Å². The van der Waals surface area contributed by atoms with Gasteiger partial charge in [0.1, 0.15) is 0 Å². The van der Waals surface area contributed by atoms with E-state index in [0.29, 0.717) is 6.04 Å². The molecule has 1 aliphatic heterocycles. The van der Waals surface area contributed by atoms with Crippen LogP contribution in [-0.4, -0.2) is 18.5 Å². The molecule has 56 valence electrons. The van der Waals surface area contributed by atoms with Crippen LogP contribution in [0.25, 0.3) is 0 Å². The van der Waals surface area contributed by atoms with E-state index in [9.17, 15) is 0 Å². The third-order valence-electron chi connectivity index (χ3n) is 2.24. The molecule has 0 bridgehead atoms. The highest BCUT2D eigenvalue weighted by atomic mass is 16.5. The standard InChI is InChI=1S/C8H13NO/c1-2-10-8-4-3-6-5-7(6)9-8/h6-7H,2-5H2,1H3. The molecule has 2 rings (SSSR count). The molecule has 0 spiro atoms. The number of nitrogens with zero attached hydrogens (tertiary/aromatic N) is 1. The first-order chi connectivity index (χ1) is 4.90. The van der Waals surface area contributed by atoms with Crippen molar-refractivity contribution in [2.45, 2.75) is 32.2 Å². The first-order valence-corrected chi connectivity index (χ1v) is 4.09. The van der Waals surface area contributed by atoms with Gasteiger partial charge in [-0.15, -0.1) is 0 Å². The highest BCUT2D eigenvalue weighted by molar-refractivity contribution is 5.77. The average molecular weight is 139 g/mol. The van der Waals surface area contributed by atoms with E-state index < -0.39 is 0 Å². The largest absolute Gasteiger partial charge is 0.481 e. The smallest absolute Gasteiger partial charge is 0.183 e. The SMILES string of the molecule is CCOC1=NC2CC2CC1. The van der Waals surface area contributed by atoms with Crippen LogP contribution in [-0.2, 0) is 4.74 Å². The molecule has 0 aromatic carbocycles. The molecule has 2 unspecified atom stereocenters. The monoisotopic (exact) mass is 139 g/mol. The maximum Gasteiger partial charge on any atom is 0.183 e. The second-order valence-electron chi connectivity index (χ2n) is 3.06. The van der Waals surface area contributed by atoms with Crippen LogP contribution in [0.3, 0.4) is 0 Å². The molecule has 2 atom stereocenters. The predicted octanol–water partition coefficient (Wildman–Crippen LogP) is 1.60. The van der Waals surface area contributed by atoms with Gasteiger partial charge in [0.25, 0.3) is 0 Å². The first-order valence-electron chi connectivity index (χ1n) is 4.09. The van der Waals surface area contributed by atoms with Gasteiger partial charge in [-0.25, -0.2) is 0 Å². The van der Waals surface area contributed by atoms with Gasteiger partial charge in [-0.3, -0.25) is 4.99 Å². The van der Waals surface area contributed by atoms with Gasteiger partial charge in [0.2, 0.25) is 0 Å². The fourth-order valence-electron chi connectivity index (χ4n) is 1.53. The zero-order valence-electron chi connectivity index (χ0n) is 6.34. The van der Waals surface area contributed by atoms with Crippen molar-refractivity contribution in [3.8, 4) is 0 Å². The maximum absolute atomic E-state index is 5.33. The Hall–Kier alpha value is -0.530. The molecule has 2 heteroatoms. The summed E-state index contributed by atoms with van der Waals surface area (Å²) in [6, 6.07) is 0.648. The second-order valence-corrected chi connectivity index (χ2v) is 3.06. The summed E-state index contributed by atoms with van der Waals surface area (Å²) in [6.07, 6.45) is 3.70. The van der Waals surface area contributed by atoms with E-state index in [1.807, 2.05) is 6.92 Å². The summed E-state index contributed by atoms with van der Waals surface area (Å²) in [7, 11) is 0. The molecule has 1 fully saturated rings. The van der Waals surface area contributed by atoms with Gasteiger partial charge in [0, 0.05) is 6.42 Å². The number of rotatable bonds is 1. The van der Waals surface area contributed by atoms with Gasteiger partial charge in [-0.05, 0) is 25.7 Å². The Balaban J connectivity index is 1.94. The molecular formula is C8H13NO. The minimum atomic E-state index is 0.648. The minimum Gasteiger partial charge on any atom is -0.481 e. The van der Waals surface area contributed by atoms with Gasteiger partial charge < -0.3 is 4.74 Å². The summed E-state index contributed by atoms with van der Waals surface area (Å²) in [5.41, 5.74) is 0. The van der Waals surface area contributed by atoms with Crippen molar-refractivity contribution in [2.75, 3.05) is 6.61 Å². The number of aliphatic imine (C=N–C) groups is 1. The van der Waals surface area contributed by atoms with Crippen molar-refractivity contribution >= 4 is 5.90 Å². The Morgan fingerprint density at radius 3 is 3.30 bits per heavy atom. The van der Waals surface area contributed by atoms with E-state index in [-0.39, 0.29) is 0 Å². The Morgan fingerprint density at radius 1 is 1.70 bits per heavy atom. The number of hydrogen-bond acceptors (Lipinski definition) is 2. The second kappa shape index (κ2) is 2.26. The molecule has 2 nitrogen and oxygen atoms in total. The predicted molar refractivity (Wildman–Crippen MR) is 40.2 cm³/mol. The Morgan fingerprint density at radius 2 is 2.60 bits per heavy atom. The van der Waals surface area contributed by atoms with Crippen LogP contribution in [0.5, 0.6) is 0 Å². The molecule has 0 N–H and O–H groups in total. The average Bonchev–Trinajstić information content (AvgIpc) is 2.66. The van der Waals surface area contributed by atoms with Crippen LogP contribution >= 0.6 is 0 Å². The fourth-order valence-corrected chi connectivity index (χ4v) is 1.53. The molecule has 1 heterocycles. The lowest BCUT2D eigenvalue weighted by Crippen LogP contribution is -2.10. The van der Waals surface area contributed by atoms with Crippen LogP contribution in [0.4, 0.5) is 0 Å². The molecule has 2 aliphatic rings. The lowest BCUT2D eigenvalue weighted by atomic mass is 10.2. The highest BCUT2D eigenvalue weighted by Gasteiger charge is 2.40. The highest BCUT2D eigenvalue weighted by Crippen LogP contribution is 2.41. The first kappa shape index (κ1) is 6.20. The van der Waals surface area contributed by atoms with Crippen molar-refractivity contribution < 1.29 is 4.74 Å². The van der Waals surface area contributed by atoms with Gasteiger partial charge in [0.15, 0.2) is 5.90 Å². The van der Waals surface area contributed by atoms with E-state index in [2.05, 4.69) is 4.99 Å². The topological polar surface area (TPSA) is 21.6 Å². The molecule has 10 heavy (non-hydrogen) atoms. The maximum atomic E-state index is 5.33. The Labute approximate surface area is 61.3 Å². The van der Waals surface area contributed by atoms with Gasteiger partial charge in [-0.2, -0.15) is 0 Å². The van der Waals surface area contributed by atoms with Crippen LogP contribution in [0.2, 0.25) is 0 Å². The third-order valence-corrected chi connectivity index (χ3v) is 2.24. The van der Waals surface area contributed by atoms with Crippen LogP contribution < -0.4 is 0 Å². The molecule has 0 radical (unpaired) electrons.